The largest absolute Gasteiger partial charge is 0.506 e. The summed E-state index contributed by atoms with van der Waals surface area (Å²) >= 11 is 5.68. The number of nitrogens with one attached hydrogen (secondary N) is 1. The van der Waals surface area contributed by atoms with Crippen LogP contribution in [0.15, 0.2) is 29.4 Å². The van der Waals surface area contributed by atoms with Gasteiger partial charge in [-0.1, -0.05) is 17.7 Å². The Labute approximate surface area is 98.6 Å². The van der Waals surface area contributed by atoms with Crippen LogP contribution in [0.2, 0.25) is 5.02 Å². The van der Waals surface area contributed by atoms with Crippen molar-refractivity contribution < 1.29 is 5.11 Å². The highest BCUT2D eigenvalue weighted by Gasteiger charge is 2.02. The molecule has 16 heavy (non-hydrogen) atoms. The van der Waals surface area contributed by atoms with Gasteiger partial charge in [-0.05, 0) is 24.6 Å². The number of benzene rings is 1. The zero-order valence-electron chi connectivity index (χ0n) is 8.74. The number of amidine groups is 1. The smallest absolute Gasteiger partial charge is 0.134 e. The standard InChI is InChI=1S/C11H12ClN3O/c1-7(14)15-6-9(5-13)8-2-3-10(12)11(16)4-8/h2-6,13,16H,1H3,(H2,14,15)/b9-6+,13-5?. The van der Waals surface area contributed by atoms with Crippen molar-refractivity contribution in [1.29, 1.82) is 5.41 Å². The van der Waals surface area contributed by atoms with Crippen LogP contribution in [0.25, 0.3) is 5.57 Å². The molecule has 0 saturated carbocycles. The van der Waals surface area contributed by atoms with Crippen LogP contribution in [0.1, 0.15) is 12.5 Å². The lowest BCUT2D eigenvalue weighted by molar-refractivity contribution is 0.475. The SMILES string of the molecule is CC(N)=N/C=C(\C=N)c1ccc(Cl)c(O)c1. The van der Waals surface area contributed by atoms with Crippen molar-refractivity contribution in [2.75, 3.05) is 0 Å². The van der Waals surface area contributed by atoms with Crippen molar-refractivity contribution in [1.82, 2.24) is 0 Å². The molecule has 1 aromatic rings. The summed E-state index contributed by atoms with van der Waals surface area (Å²) in [5, 5.41) is 16.9. The predicted molar refractivity (Wildman–Crippen MR) is 67.2 cm³/mol. The molecule has 84 valence electrons. The lowest BCUT2D eigenvalue weighted by Crippen LogP contribution is -2.03. The second kappa shape index (κ2) is 5.32. The first-order valence-corrected chi connectivity index (χ1v) is 4.92. The van der Waals surface area contributed by atoms with Gasteiger partial charge < -0.3 is 16.2 Å². The van der Waals surface area contributed by atoms with Crippen LogP contribution in [0, 0.1) is 5.41 Å². The third-order valence-corrected chi connectivity index (χ3v) is 2.16. The number of phenols is 1. The zero-order chi connectivity index (χ0) is 12.1. The van der Waals surface area contributed by atoms with Gasteiger partial charge in [-0.15, -0.1) is 0 Å². The molecule has 0 aliphatic carbocycles. The molecule has 4 nitrogen and oxygen atoms in total. The van der Waals surface area contributed by atoms with E-state index >= 15 is 0 Å². The van der Waals surface area contributed by atoms with E-state index in [1.807, 2.05) is 0 Å². The van der Waals surface area contributed by atoms with Crippen LogP contribution < -0.4 is 5.73 Å². The Morgan fingerprint density at radius 3 is 2.75 bits per heavy atom. The molecule has 1 aromatic carbocycles. The Bertz CT molecular complexity index is 462. The van der Waals surface area contributed by atoms with Crippen LogP contribution in [-0.2, 0) is 0 Å². The minimum atomic E-state index is -0.0274. The summed E-state index contributed by atoms with van der Waals surface area (Å²) in [6, 6.07) is 4.73. The van der Waals surface area contributed by atoms with Gasteiger partial charge in [0.15, 0.2) is 0 Å². The lowest BCUT2D eigenvalue weighted by Gasteiger charge is -2.02. The lowest BCUT2D eigenvalue weighted by atomic mass is 10.1. The Balaban J connectivity index is 3.14. The Hall–Kier alpha value is -1.81. The number of nitrogens with zero attached hydrogens (tertiary/aromatic N) is 1. The molecule has 0 amide bonds. The van der Waals surface area contributed by atoms with Gasteiger partial charge in [-0.3, -0.25) is 0 Å². The van der Waals surface area contributed by atoms with Gasteiger partial charge in [0.1, 0.15) is 5.75 Å². The molecule has 0 aromatic heterocycles. The van der Waals surface area contributed by atoms with E-state index in [2.05, 4.69) is 4.99 Å². The monoisotopic (exact) mass is 237 g/mol. The fourth-order valence-corrected chi connectivity index (χ4v) is 1.18. The van der Waals surface area contributed by atoms with Crippen LogP contribution in [0.4, 0.5) is 0 Å². The molecule has 0 aliphatic heterocycles. The fraction of sp³-hybridized carbons (Fsp3) is 0.0909. The van der Waals surface area contributed by atoms with Crippen molar-refractivity contribution in [2.24, 2.45) is 10.7 Å². The van der Waals surface area contributed by atoms with E-state index < -0.39 is 0 Å². The van der Waals surface area contributed by atoms with E-state index in [0.717, 1.165) is 6.21 Å². The molecule has 4 N–H and O–H groups in total. The van der Waals surface area contributed by atoms with Crippen LogP contribution in [-0.4, -0.2) is 17.2 Å². The number of aliphatic imine (C=N–C) groups is 1. The van der Waals surface area contributed by atoms with Crippen molar-refractivity contribution in [3.8, 4) is 5.75 Å². The molecule has 1 rings (SSSR count). The molecule has 0 atom stereocenters. The number of aromatic hydroxyl groups is 1. The van der Waals surface area contributed by atoms with Gasteiger partial charge >= 0.3 is 0 Å². The first-order chi connectivity index (χ1) is 7.54. The maximum absolute atomic E-state index is 9.43. The minimum absolute atomic E-state index is 0.0274. The number of hydrogen-bond acceptors (Lipinski definition) is 3. The number of allylic oxidation sites excluding steroid dienone is 1. The first-order valence-electron chi connectivity index (χ1n) is 4.54. The average molecular weight is 238 g/mol. The molecule has 0 radical (unpaired) electrons. The summed E-state index contributed by atoms with van der Waals surface area (Å²) < 4.78 is 0. The molecule has 0 bridgehead atoms. The summed E-state index contributed by atoms with van der Waals surface area (Å²) in [6.07, 6.45) is 2.60. The van der Waals surface area contributed by atoms with E-state index in [-0.39, 0.29) is 10.8 Å². The van der Waals surface area contributed by atoms with Gasteiger partial charge in [-0.2, -0.15) is 0 Å². The predicted octanol–water partition coefficient (Wildman–Crippen LogP) is 2.41. The van der Waals surface area contributed by atoms with E-state index in [9.17, 15) is 5.11 Å². The highest BCUT2D eigenvalue weighted by atomic mass is 35.5. The zero-order valence-corrected chi connectivity index (χ0v) is 9.49. The Morgan fingerprint density at radius 1 is 1.56 bits per heavy atom. The van der Waals surface area contributed by atoms with Crippen molar-refractivity contribution in [3.63, 3.8) is 0 Å². The van der Waals surface area contributed by atoms with Crippen molar-refractivity contribution >= 4 is 29.2 Å². The minimum Gasteiger partial charge on any atom is -0.506 e. The van der Waals surface area contributed by atoms with E-state index in [1.54, 1.807) is 19.1 Å². The molecule has 0 aliphatic rings. The van der Waals surface area contributed by atoms with Crippen molar-refractivity contribution in [3.05, 3.63) is 35.0 Å². The summed E-state index contributed by atoms with van der Waals surface area (Å²) in [7, 11) is 0. The molecule has 0 spiro atoms. The summed E-state index contributed by atoms with van der Waals surface area (Å²) in [5.41, 5.74) is 6.58. The van der Waals surface area contributed by atoms with Crippen molar-refractivity contribution in [2.45, 2.75) is 6.92 Å². The maximum atomic E-state index is 9.43. The molecular formula is C11H12ClN3O. The van der Waals surface area contributed by atoms with E-state index in [0.29, 0.717) is 17.0 Å². The van der Waals surface area contributed by atoms with E-state index in [4.69, 9.17) is 22.7 Å². The normalized spacial score (nSPS) is 12.6. The average Bonchev–Trinajstić information content (AvgIpc) is 2.23. The summed E-state index contributed by atoms with van der Waals surface area (Å²) in [6.45, 7) is 1.65. The first kappa shape index (κ1) is 12.3. The Morgan fingerprint density at radius 2 is 2.25 bits per heavy atom. The quantitative estimate of drug-likeness (QED) is 0.557. The van der Waals surface area contributed by atoms with E-state index in [1.165, 1.54) is 12.3 Å². The molecule has 0 unspecified atom stereocenters. The number of nitrogens with two attached hydrogens (primary N) is 1. The molecular weight excluding hydrogens is 226 g/mol. The number of hydrogen-bond donors (Lipinski definition) is 3. The second-order valence-electron chi connectivity index (χ2n) is 3.17. The van der Waals surface area contributed by atoms with Gasteiger partial charge in [-0.25, -0.2) is 4.99 Å². The second-order valence-corrected chi connectivity index (χ2v) is 3.57. The third-order valence-electron chi connectivity index (χ3n) is 1.84. The molecule has 0 fully saturated rings. The van der Waals surface area contributed by atoms with Crippen LogP contribution >= 0.6 is 11.6 Å². The Kier molecular flexibility index (Phi) is 4.08. The molecule has 0 saturated heterocycles. The van der Waals surface area contributed by atoms with Gasteiger partial charge in [0.05, 0.1) is 10.9 Å². The highest BCUT2D eigenvalue weighted by molar-refractivity contribution is 6.32. The summed E-state index contributed by atoms with van der Waals surface area (Å²) in [5.74, 6) is 0.373. The number of rotatable bonds is 3. The summed E-state index contributed by atoms with van der Waals surface area (Å²) in [4.78, 5) is 3.89. The topological polar surface area (TPSA) is 82.5 Å². The third kappa shape index (κ3) is 3.10. The van der Waals surface area contributed by atoms with Crippen LogP contribution in [0.5, 0.6) is 5.75 Å². The maximum Gasteiger partial charge on any atom is 0.134 e. The van der Waals surface area contributed by atoms with Crippen LogP contribution in [0.3, 0.4) is 0 Å². The van der Waals surface area contributed by atoms with Gasteiger partial charge in [0.2, 0.25) is 0 Å². The number of phenolic OH excluding ortho intramolecular Hbond substituents is 1. The number of halogens is 1. The van der Waals surface area contributed by atoms with Gasteiger partial charge in [0.25, 0.3) is 0 Å². The highest BCUT2D eigenvalue weighted by Crippen LogP contribution is 2.26. The molecule has 0 heterocycles. The molecule has 5 heteroatoms. The fourth-order valence-electron chi connectivity index (χ4n) is 1.06. The van der Waals surface area contributed by atoms with Gasteiger partial charge in [0, 0.05) is 18.0 Å².